The largest absolute Gasteiger partial charge is 0.481 e. The molecule has 2 N–H and O–H groups in total. The third-order valence-electron chi connectivity index (χ3n) is 4.58. The predicted octanol–water partition coefficient (Wildman–Crippen LogP) is 3.70. The highest BCUT2D eigenvalue weighted by molar-refractivity contribution is 6.35. The number of fused-ring (bicyclic) bond motifs is 1. The van der Waals surface area contributed by atoms with Crippen LogP contribution in [0.1, 0.15) is 19.8 Å². The number of aromatic nitrogens is 1. The molecule has 2 heterocycles. The zero-order chi connectivity index (χ0) is 17.1. The maximum absolute atomic E-state index is 12.5. The molecule has 1 aliphatic rings. The maximum atomic E-state index is 12.5. The highest BCUT2D eigenvalue weighted by Crippen LogP contribution is 2.29. The lowest BCUT2D eigenvalue weighted by Gasteiger charge is -2.34. The summed E-state index contributed by atoms with van der Waals surface area (Å²) in [4.78, 5) is 18.6. The Kier molecular flexibility index (Phi) is 8.90. The molecule has 26 heavy (non-hydrogen) atoms. The first kappa shape index (κ1) is 22.8. The van der Waals surface area contributed by atoms with Crippen LogP contribution in [0, 0.1) is 5.92 Å². The lowest BCUT2D eigenvalue weighted by atomic mass is 9.92. The average Bonchev–Trinajstić information content (AvgIpc) is 2.61. The molecule has 5 nitrogen and oxygen atoms in total. The standard InChI is InChI=1S/C18H22ClN3O2.2ClH/c1-12(20)13-4-3-9-22(10-13)17(23)11-24-16-7-6-15(19)14-5-2-8-21-18(14)16;;/h2,5-8,12-13H,3-4,9-11,20H2,1H3;2*1H. The molecule has 2 atom stereocenters. The smallest absolute Gasteiger partial charge is 0.260 e. The second-order valence-electron chi connectivity index (χ2n) is 6.33. The topological polar surface area (TPSA) is 68.5 Å². The van der Waals surface area contributed by atoms with Gasteiger partial charge in [0.2, 0.25) is 0 Å². The van der Waals surface area contributed by atoms with Crippen molar-refractivity contribution < 1.29 is 9.53 Å². The zero-order valence-electron chi connectivity index (χ0n) is 14.6. The predicted molar refractivity (Wildman–Crippen MR) is 110 cm³/mol. The van der Waals surface area contributed by atoms with Crippen molar-refractivity contribution in [3.8, 4) is 5.75 Å². The molecule has 8 heteroatoms. The fraction of sp³-hybridized carbons (Fsp3) is 0.444. The number of amides is 1. The number of rotatable bonds is 4. The number of carbonyl (C=O) groups is 1. The fourth-order valence-electron chi connectivity index (χ4n) is 3.12. The van der Waals surface area contributed by atoms with Gasteiger partial charge in [-0.2, -0.15) is 0 Å². The molecule has 1 aliphatic heterocycles. The highest BCUT2D eigenvalue weighted by atomic mass is 35.5. The van der Waals surface area contributed by atoms with Gasteiger partial charge >= 0.3 is 0 Å². The summed E-state index contributed by atoms with van der Waals surface area (Å²) in [6, 6.07) is 7.33. The minimum absolute atomic E-state index is 0. The van der Waals surface area contributed by atoms with E-state index < -0.39 is 0 Å². The van der Waals surface area contributed by atoms with Crippen LogP contribution in [0.3, 0.4) is 0 Å². The average molecular weight is 421 g/mol. The van der Waals surface area contributed by atoms with Gasteiger partial charge in [-0.25, -0.2) is 0 Å². The Morgan fingerprint density at radius 3 is 2.92 bits per heavy atom. The van der Waals surface area contributed by atoms with Crippen LogP contribution in [0.4, 0.5) is 0 Å². The van der Waals surface area contributed by atoms with Crippen molar-refractivity contribution in [2.75, 3.05) is 19.7 Å². The number of halogens is 3. The van der Waals surface area contributed by atoms with Gasteiger partial charge in [0, 0.05) is 30.7 Å². The van der Waals surface area contributed by atoms with E-state index in [-0.39, 0.29) is 43.4 Å². The number of ether oxygens (including phenoxy) is 1. The van der Waals surface area contributed by atoms with E-state index >= 15 is 0 Å². The van der Waals surface area contributed by atoms with Gasteiger partial charge in [0.1, 0.15) is 11.3 Å². The number of hydrogen-bond donors (Lipinski definition) is 1. The fourth-order valence-corrected chi connectivity index (χ4v) is 3.34. The van der Waals surface area contributed by atoms with Crippen LogP contribution in [0.2, 0.25) is 5.02 Å². The maximum Gasteiger partial charge on any atom is 0.260 e. The van der Waals surface area contributed by atoms with Crippen LogP contribution in [-0.2, 0) is 4.79 Å². The third-order valence-corrected chi connectivity index (χ3v) is 4.91. The molecule has 1 aromatic carbocycles. The second-order valence-corrected chi connectivity index (χ2v) is 6.74. The third kappa shape index (κ3) is 5.13. The lowest BCUT2D eigenvalue weighted by Crippen LogP contribution is -2.46. The van der Waals surface area contributed by atoms with Crippen molar-refractivity contribution in [2.45, 2.75) is 25.8 Å². The molecule has 1 saturated heterocycles. The second kappa shape index (κ2) is 10.2. The normalized spacial score (nSPS) is 17.8. The number of benzene rings is 1. The van der Waals surface area contributed by atoms with Crippen LogP contribution in [-0.4, -0.2) is 41.5 Å². The van der Waals surface area contributed by atoms with Gasteiger partial charge in [-0.05, 0) is 49.9 Å². The van der Waals surface area contributed by atoms with Crippen molar-refractivity contribution in [1.29, 1.82) is 0 Å². The van der Waals surface area contributed by atoms with Gasteiger partial charge in [-0.3, -0.25) is 9.78 Å². The Labute approximate surface area is 171 Å². The molecule has 0 spiro atoms. The van der Waals surface area contributed by atoms with E-state index in [1.54, 1.807) is 18.3 Å². The zero-order valence-corrected chi connectivity index (χ0v) is 16.9. The highest BCUT2D eigenvalue weighted by Gasteiger charge is 2.26. The molecule has 3 rings (SSSR count). The first-order valence-electron chi connectivity index (χ1n) is 8.25. The van der Waals surface area contributed by atoms with Crippen LogP contribution >= 0.6 is 36.4 Å². The number of pyridine rings is 1. The van der Waals surface area contributed by atoms with Gasteiger partial charge in [0.05, 0.1) is 5.02 Å². The van der Waals surface area contributed by atoms with Crippen molar-refractivity contribution in [3.63, 3.8) is 0 Å². The van der Waals surface area contributed by atoms with E-state index in [4.69, 9.17) is 22.1 Å². The Morgan fingerprint density at radius 1 is 1.42 bits per heavy atom. The molecule has 2 aromatic rings. The van der Waals surface area contributed by atoms with Crippen LogP contribution < -0.4 is 10.5 Å². The van der Waals surface area contributed by atoms with Crippen LogP contribution in [0.5, 0.6) is 5.75 Å². The van der Waals surface area contributed by atoms with E-state index in [1.807, 2.05) is 24.0 Å². The first-order valence-corrected chi connectivity index (χ1v) is 8.63. The summed E-state index contributed by atoms with van der Waals surface area (Å²) < 4.78 is 5.74. The Morgan fingerprint density at radius 2 is 2.19 bits per heavy atom. The Hall–Kier alpha value is -1.27. The molecule has 0 bridgehead atoms. The van der Waals surface area contributed by atoms with Crippen molar-refractivity contribution in [1.82, 2.24) is 9.88 Å². The minimum atomic E-state index is -0.0145. The van der Waals surface area contributed by atoms with Gasteiger partial charge in [0.25, 0.3) is 5.91 Å². The summed E-state index contributed by atoms with van der Waals surface area (Å²) in [5, 5.41) is 1.44. The first-order chi connectivity index (χ1) is 11.6. The Bertz CT molecular complexity index is 743. The quantitative estimate of drug-likeness (QED) is 0.819. The number of nitrogens with zero attached hydrogens (tertiary/aromatic N) is 2. The molecule has 144 valence electrons. The van der Waals surface area contributed by atoms with Gasteiger partial charge in [-0.15, -0.1) is 24.8 Å². The van der Waals surface area contributed by atoms with E-state index in [9.17, 15) is 4.79 Å². The molecule has 1 fully saturated rings. The number of nitrogens with two attached hydrogens (primary N) is 1. The summed E-state index contributed by atoms with van der Waals surface area (Å²) in [7, 11) is 0. The monoisotopic (exact) mass is 419 g/mol. The molecular formula is C18H24Cl3N3O2. The van der Waals surface area contributed by atoms with Crippen molar-refractivity contribution in [2.24, 2.45) is 11.7 Å². The molecule has 1 amide bonds. The van der Waals surface area contributed by atoms with Crippen LogP contribution in [0.25, 0.3) is 10.9 Å². The molecule has 2 unspecified atom stereocenters. The summed E-state index contributed by atoms with van der Waals surface area (Å²) in [5.41, 5.74) is 6.65. The molecule has 0 radical (unpaired) electrons. The van der Waals surface area contributed by atoms with Gasteiger partial charge in [0.15, 0.2) is 6.61 Å². The molecule has 0 aliphatic carbocycles. The number of piperidine rings is 1. The minimum Gasteiger partial charge on any atom is -0.481 e. The summed E-state index contributed by atoms with van der Waals surface area (Å²) in [6.45, 7) is 3.48. The lowest BCUT2D eigenvalue weighted by molar-refractivity contribution is -0.135. The Balaban J connectivity index is 0.00000169. The van der Waals surface area contributed by atoms with Gasteiger partial charge < -0.3 is 15.4 Å². The summed E-state index contributed by atoms with van der Waals surface area (Å²) in [6.07, 6.45) is 3.75. The van der Waals surface area contributed by atoms with Crippen molar-refractivity contribution >= 4 is 53.2 Å². The summed E-state index contributed by atoms with van der Waals surface area (Å²) >= 11 is 6.18. The van der Waals surface area contributed by atoms with E-state index in [0.717, 1.165) is 24.8 Å². The molecule has 1 aromatic heterocycles. The van der Waals surface area contributed by atoms with E-state index in [1.165, 1.54) is 0 Å². The van der Waals surface area contributed by atoms with Gasteiger partial charge in [-0.1, -0.05) is 11.6 Å². The molecular weight excluding hydrogens is 397 g/mol. The summed E-state index contributed by atoms with van der Waals surface area (Å²) in [5.74, 6) is 0.921. The van der Waals surface area contributed by atoms with E-state index in [0.29, 0.717) is 28.8 Å². The number of carbonyl (C=O) groups excluding carboxylic acids is 1. The van der Waals surface area contributed by atoms with Crippen LogP contribution in [0.15, 0.2) is 30.5 Å². The number of likely N-dealkylation sites (tertiary alicyclic amines) is 1. The molecule has 0 saturated carbocycles. The van der Waals surface area contributed by atoms with E-state index in [2.05, 4.69) is 4.98 Å². The van der Waals surface area contributed by atoms with Crippen molar-refractivity contribution in [3.05, 3.63) is 35.5 Å². The number of hydrogen-bond acceptors (Lipinski definition) is 4. The SMILES string of the molecule is CC(N)C1CCCN(C(=O)COc2ccc(Cl)c3cccnc23)C1.Cl.Cl.